The maximum absolute atomic E-state index is 11.9. The summed E-state index contributed by atoms with van der Waals surface area (Å²) in [4.78, 5) is 11.9. The molecule has 1 aliphatic carbocycles. The molecule has 3 nitrogen and oxygen atoms in total. The van der Waals surface area contributed by atoms with Gasteiger partial charge >= 0.3 is 5.97 Å². The molecule has 0 radical (unpaired) electrons. The Labute approximate surface area is 136 Å². The number of carbonyl (C=O) groups is 1. The normalized spacial score (nSPS) is 20.1. The Bertz CT molecular complexity index is 719. The maximum Gasteiger partial charge on any atom is 0.330 e. The van der Waals surface area contributed by atoms with E-state index < -0.39 is 11.5 Å². The Morgan fingerprint density at radius 3 is 2.62 bits per heavy atom. The van der Waals surface area contributed by atoms with Gasteiger partial charge in [-0.1, -0.05) is 29.8 Å². The molecule has 1 unspecified atom stereocenters. The van der Waals surface area contributed by atoms with Gasteiger partial charge < -0.3 is 10.4 Å². The fourth-order valence-corrected chi connectivity index (χ4v) is 3.34. The van der Waals surface area contributed by atoms with Crippen LogP contribution in [0.2, 0.25) is 5.02 Å². The van der Waals surface area contributed by atoms with Gasteiger partial charge in [-0.15, -0.1) is 0 Å². The highest BCUT2D eigenvalue weighted by Crippen LogP contribution is 2.36. The zero-order chi connectivity index (χ0) is 15.0. The lowest BCUT2D eigenvalue weighted by Gasteiger charge is -2.27. The van der Waals surface area contributed by atoms with Crippen LogP contribution in [-0.2, 0) is 17.6 Å². The molecule has 0 fully saturated rings. The third-order valence-electron chi connectivity index (χ3n) is 3.81. The fraction of sp³-hybridized carbons (Fsp3) is 0.188. The van der Waals surface area contributed by atoms with Crippen molar-refractivity contribution in [1.82, 2.24) is 0 Å². The Morgan fingerprint density at radius 2 is 1.90 bits per heavy atom. The molecule has 2 N–H and O–H groups in total. The number of para-hydroxylation sites is 1. The summed E-state index contributed by atoms with van der Waals surface area (Å²) in [5.74, 6) is -0.856. The van der Waals surface area contributed by atoms with E-state index in [-0.39, 0.29) is 0 Å². The van der Waals surface area contributed by atoms with E-state index in [0.29, 0.717) is 17.9 Å². The summed E-state index contributed by atoms with van der Waals surface area (Å²) in [7, 11) is 0. The number of nitrogens with one attached hydrogen (secondary N) is 1. The van der Waals surface area contributed by atoms with Crippen molar-refractivity contribution in [3.63, 3.8) is 0 Å². The summed E-state index contributed by atoms with van der Waals surface area (Å²) < 4.78 is 0.847. The second kappa shape index (κ2) is 5.35. The van der Waals surface area contributed by atoms with Crippen molar-refractivity contribution in [3.8, 4) is 0 Å². The van der Waals surface area contributed by atoms with Gasteiger partial charge in [-0.05, 0) is 51.3 Å². The van der Waals surface area contributed by atoms with E-state index in [9.17, 15) is 9.90 Å². The van der Waals surface area contributed by atoms with Crippen molar-refractivity contribution in [3.05, 3.63) is 63.1 Å². The topological polar surface area (TPSA) is 49.3 Å². The molecule has 0 saturated heterocycles. The summed E-state index contributed by atoms with van der Waals surface area (Å²) in [5.41, 5.74) is 1.77. The minimum atomic E-state index is -1.03. The summed E-state index contributed by atoms with van der Waals surface area (Å²) in [6.45, 7) is 0. The van der Waals surface area contributed by atoms with Crippen LogP contribution in [-0.4, -0.2) is 16.6 Å². The highest BCUT2D eigenvalue weighted by Gasteiger charge is 2.44. The summed E-state index contributed by atoms with van der Waals surface area (Å²) in [6.07, 6.45) is 0.857. The Hall–Kier alpha value is -1.52. The molecule has 0 saturated carbocycles. The van der Waals surface area contributed by atoms with Crippen LogP contribution in [0, 0.1) is 0 Å². The lowest BCUT2D eigenvalue weighted by molar-refractivity contribution is -0.142. The molecule has 5 heteroatoms. The molecule has 0 heterocycles. The molecule has 1 atom stereocenters. The lowest BCUT2D eigenvalue weighted by atomic mass is 9.95. The SMILES string of the molecule is O=C(O)C1(Nc2ccccc2Br)Cc2ccc(Cl)cc2C1. The van der Waals surface area contributed by atoms with E-state index in [1.807, 2.05) is 36.4 Å². The van der Waals surface area contributed by atoms with E-state index in [1.165, 1.54) is 0 Å². The first kappa shape index (κ1) is 14.4. The molecule has 108 valence electrons. The second-order valence-electron chi connectivity index (χ2n) is 5.26. The van der Waals surface area contributed by atoms with E-state index in [2.05, 4.69) is 21.2 Å². The third-order valence-corrected chi connectivity index (χ3v) is 4.74. The quantitative estimate of drug-likeness (QED) is 0.858. The van der Waals surface area contributed by atoms with Gasteiger partial charge in [0.05, 0.1) is 0 Å². The number of anilines is 1. The Kier molecular flexibility index (Phi) is 3.68. The molecule has 2 aromatic carbocycles. The van der Waals surface area contributed by atoms with Crippen LogP contribution in [0.4, 0.5) is 5.69 Å². The van der Waals surface area contributed by atoms with Crippen LogP contribution in [0.25, 0.3) is 0 Å². The summed E-state index contributed by atoms with van der Waals surface area (Å²) in [5, 5.41) is 13.6. The zero-order valence-corrected chi connectivity index (χ0v) is 13.4. The highest BCUT2D eigenvalue weighted by molar-refractivity contribution is 9.10. The predicted molar refractivity (Wildman–Crippen MR) is 87.0 cm³/mol. The Morgan fingerprint density at radius 1 is 1.19 bits per heavy atom. The van der Waals surface area contributed by atoms with Gasteiger partial charge in [0.1, 0.15) is 5.54 Å². The second-order valence-corrected chi connectivity index (χ2v) is 6.55. The average Bonchev–Trinajstić information content (AvgIpc) is 2.80. The van der Waals surface area contributed by atoms with Crippen LogP contribution >= 0.6 is 27.5 Å². The van der Waals surface area contributed by atoms with Crippen molar-refractivity contribution in [2.24, 2.45) is 0 Å². The van der Waals surface area contributed by atoms with Crippen molar-refractivity contribution in [2.45, 2.75) is 18.4 Å². The van der Waals surface area contributed by atoms with E-state index in [4.69, 9.17) is 11.6 Å². The summed E-state index contributed by atoms with van der Waals surface area (Å²) >= 11 is 9.45. The monoisotopic (exact) mass is 365 g/mol. The molecule has 3 rings (SSSR count). The van der Waals surface area contributed by atoms with Crippen molar-refractivity contribution < 1.29 is 9.90 Å². The number of aliphatic carboxylic acids is 1. The number of rotatable bonds is 3. The van der Waals surface area contributed by atoms with Crippen molar-refractivity contribution >= 4 is 39.2 Å². The fourth-order valence-electron chi connectivity index (χ4n) is 2.76. The number of benzene rings is 2. The van der Waals surface area contributed by atoms with Crippen molar-refractivity contribution in [2.75, 3.05) is 5.32 Å². The van der Waals surface area contributed by atoms with Crippen LogP contribution in [0.5, 0.6) is 0 Å². The number of carboxylic acids is 1. The predicted octanol–water partition coefficient (Wildman–Crippen LogP) is 4.14. The summed E-state index contributed by atoms with van der Waals surface area (Å²) in [6, 6.07) is 13.1. The minimum Gasteiger partial charge on any atom is -0.479 e. The molecule has 2 aromatic rings. The standard InChI is InChI=1S/C16H13BrClNO2/c17-13-3-1-2-4-14(13)19-16(15(20)21)8-10-5-6-12(18)7-11(10)9-16/h1-7,19H,8-9H2,(H,20,21). The molecule has 1 aliphatic rings. The first-order chi connectivity index (χ1) is 10.00. The Balaban J connectivity index is 1.97. The highest BCUT2D eigenvalue weighted by atomic mass is 79.9. The smallest absolute Gasteiger partial charge is 0.330 e. The molecule has 0 aliphatic heterocycles. The molecular weight excluding hydrogens is 354 g/mol. The molecule has 0 amide bonds. The number of fused-ring (bicyclic) bond motifs is 1. The largest absolute Gasteiger partial charge is 0.479 e. The number of hydrogen-bond acceptors (Lipinski definition) is 2. The zero-order valence-electron chi connectivity index (χ0n) is 11.1. The van der Waals surface area contributed by atoms with Gasteiger partial charge in [0.15, 0.2) is 0 Å². The van der Waals surface area contributed by atoms with Gasteiger partial charge in [-0.25, -0.2) is 4.79 Å². The lowest BCUT2D eigenvalue weighted by Crippen LogP contribution is -2.47. The number of carboxylic acid groups (broad SMARTS) is 1. The van der Waals surface area contributed by atoms with Gasteiger partial charge in [-0.2, -0.15) is 0 Å². The molecular formula is C16H13BrClNO2. The van der Waals surface area contributed by atoms with Crippen LogP contribution in [0.1, 0.15) is 11.1 Å². The number of hydrogen-bond donors (Lipinski definition) is 2. The molecule has 0 spiro atoms. The van der Waals surface area contributed by atoms with Crippen molar-refractivity contribution in [1.29, 1.82) is 0 Å². The van der Waals surface area contributed by atoms with E-state index in [0.717, 1.165) is 21.3 Å². The van der Waals surface area contributed by atoms with Gasteiger partial charge in [0, 0.05) is 28.0 Å². The van der Waals surface area contributed by atoms with E-state index in [1.54, 1.807) is 6.07 Å². The minimum absolute atomic E-state index is 0.416. The van der Waals surface area contributed by atoms with Gasteiger partial charge in [0.25, 0.3) is 0 Å². The molecule has 21 heavy (non-hydrogen) atoms. The van der Waals surface area contributed by atoms with Gasteiger partial charge in [-0.3, -0.25) is 0 Å². The average molecular weight is 367 g/mol. The van der Waals surface area contributed by atoms with Gasteiger partial charge in [0.2, 0.25) is 0 Å². The maximum atomic E-state index is 11.9. The van der Waals surface area contributed by atoms with E-state index >= 15 is 0 Å². The van der Waals surface area contributed by atoms with Crippen LogP contribution < -0.4 is 5.32 Å². The first-order valence-electron chi connectivity index (χ1n) is 6.54. The molecule has 0 bridgehead atoms. The number of halogens is 2. The first-order valence-corrected chi connectivity index (χ1v) is 7.71. The third kappa shape index (κ3) is 2.65. The van der Waals surface area contributed by atoms with Crippen LogP contribution in [0.15, 0.2) is 46.9 Å². The van der Waals surface area contributed by atoms with Crippen LogP contribution in [0.3, 0.4) is 0 Å². The molecule has 0 aromatic heterocycles.